The van der Waals surface area contributed by atoms with Crippen LogP contribution in [-0.4, -0.2) is 45.9 Å². The monoisotopic (exact) mass is 509 g/mol. The fourth-order valence-electron chi connectivity index (χ4n) is 4.02. The molecule has 0 radical (unpaired) electrons. The van der Waals surface area contributed by atoms with Gasteiger partial charge in [0.1, 0.15) is 19.0 Å². The maximum absolute atomic E-state index is 12.5. The lowest BCUT2D eigenvalue weighted by Crippen LogP contribution is -2.47. The zero-order valence-electron chi connectivity index (χ0n) is 21.2. The summed E-state index contributed by atoms with van der Waals surface area (Å²) in [4.78, 5) is 27.6. The van der Waals surface area contributed by atoms with E-state index >= 15 is 0 Å². The van der Waals surface area contributed by atoms with Crippen LogP contribution < -0.4 is 10.6 Å². The Bertz CT molecular complexity index is 1100. The number of nitrogens with zero attached hydrogens (tertiary/aromatic N) is 1. The Morgan fingerprint density at radius 1 is 1.03 bits per heavy atom. The highest BCUT2D eigenvalue weighted by molar-refractivity contribution is 5.84. The van der Waals surface area contributed by atoms with Gasteiger partial charge in [0, 0.05) is 18.6 Å². The Hall–Kier alpha value is -3.69. The van der Waals surface area contributed by atoms with Crippen LogP contribution in [0.3, 0.4) is 0 Å². The highest BCUT2D eigenvalue weighted by atomic mass is 16.5. The Labute approximate surface area is 216 Å². The fraction of sp³-hybridized carbons (Fsp3) is 0.393. The number of alkyl carbamates (subject to hydrolysis) is 1. The zero-order chi connectivity index (χ0) is 26.6. The van der Waals surface area contributed by atoms with Crippen LogP contribution in [-0.2, 0) is 17.8 Å². The smallest absolute Gasteiger partial charge is 0.407 e. The summed E-state index contributed by atoms with van der Waals surface area (Å²) in [5.41, 5.74) is 1.73. The summed E-state index contributed by atoms with van der Waals surface area (Å²) < 4.78 is 10.6. The molecule has 0 aliphatic heterocycles. The predicted octanol–water partition coefficient (Wildman–Crippen LogP) is 4.34. The summed E-state index contributed by atoms with van der Waals surface area (Å²) in [5.74, 6) is -0.997. The Balaban J connectivity index is 1.65. The summed E-state index contributed by atoms with van der Waals surface area (Å²) in [5, 5.41) is 26.4. The maximum Gasteiger partial charge on any atom is 0.407 e. The van der Waals surface area contributed by atoms with Gasteiger partial charge in [0.2, 0.25) is 5.89 Å². The lowest BCUT2D eigenvalue weighted by Gasteiger charge is -2.27. The first-order chi connectivity index (χ1) is 17.8. The van der Waals surface area contributed by atoms with Crippen molar-refractivity contribution in [1.82, 2.24) is 15.6 Å². The molecule has 4 N–H and O–H groups in total. The number of carbonyl (C=O) groups is 2. The van der Waals surface area contributed by atoms with Crippen LogP contribution >= 0.6 is 0 Å². The van der Waals surface area contributed by atoms with E-state index in [2.05, 4.69) is 29.5 Å². The topological polar surface area (TPSA) is 134 Å². The van der Waals surface area contributed by atoms with E-state index in [0.717, 1.165) is 17.4 Å². The molecule has 1 amide bonds. The van der Waals surface area contributed by atoms with Gasteiger partial charge in [-0.15, -0.1) is 0 Å². The van der Waals surface area contributed by atoms with E-state index in [-0.39, 0.29) is 24.2 Å². The molecule has 0 aliphatic carbocycles. The summed E-state index contributed by atoms with van der Waals surface area (Å²) in [6.07, 6.45) is 1.21. The number of benzene rings is 2. The molecule has 1 aromatic heterocycles. The van der Waals surface area contributed by atoms with Crippen LogP contribution in [0.2, 0.25) is 0 Å². The van der Waals surface area contributed by atoms with Gasteiger partial charge in [0.05, 0.1) is 0 Å². The number of aromatic carboxylic acids is 1. The number of aromatic nitrogens is 1. The zero-order valence-corrected chi connectivity index (χ0v) is 21.2. The van der Waals surface area contributed by atoms with Crippen molar-refractivity contribution in [3.8, 4) is 0 Å². The number of aryl methyl sites for hydroxylation is 1. The van der Waals surface area contributed by atoms with Crippen LogP contribution in [0, 0.1) is 5.92 Å². The number of oxazole rings is 1. The average Bonchev–Trinajstić information content (AvgIpc) is 3.39. The molecule has 0 bridgehead atoms. The lowest BCUT2D eigenvalue weighted by atomic mass is 9.99. The molecule has 0 saturated carbocycles. The molecule has 3 rings (SSSR count). The largest absolute Gasteiger partial charge is 0.476 e. The first-order valence-electron chi connectivity index (χ1n) is 12.4. The Morgan fingerprint density at radius 3 is 2.27 bits per heavy atom. The van der Waals surface area contributed by atoms with Gasteiger partial charge in [-0.3, -0.25) is 0 Å². The number of carboxylic acid groups (broad SMARTS) is 1. The third kappa shape index (κ3) is 9.36. The second-order valence-corrected chi connectivity index (χ2v) is 9.39. The summed E-state index contributed by atoms with van der Waals surface area (Å²) in [6.45, 7) is 4.66. The number of carboxylic acids is 1. The molecule has 0 saturated heterocycles. The van der Waals surface area contributed by atoms with Crippen molar-refractivity contribution in [1.29, 1.82) is 0 Å². The van der Waals surface area contributed by atoms with Crippen molar-refractivity contribution >= 4 is 12.1 Å². The van der Waals surface area contributed by atoms with E-state index in [1.54, 1.807) is 0 Å². The first-order valence-corrected chi connectivity index (χ1v) is 12.4. The van der Waals surface area contributed by atoms with Crippen molar-refractivity contribution in [3.05, 3.63) is 89.6 Å². The third-order valence-corrected chi connectivity index (χ3v) is 5.88. The van der Waals surface area contributed by atoms with Crippen molar-refractivity contribution < 1.29 is 29.0 Å². The third-order valence-electron chi connectivity index (χ3n) is 5.88. The lowest BCUT2D eigenvalue weighted by molar-refractivity contribution is 0.0689. The average molecular weight is 510 g/mol. The molecule has 1 heterocycles. The van der Waals surface area contributed by atoms with Crippen molar-refractivity contribution in [2.75, 3.05) is 6.54 Å². The van der Waals surface area contributed by atoms with Gasteiger partial charge in [-0.25, -0.2) is 14.6 Å². The molecule has 0 spiro atoms. The van der Waals surface area contributed by atoms with Crippen LogP contribution in [0.4, 0.5) is 4.79 Å². The van der Waals surface area contributed by atoms with E-state index in [9.17, 15) is 14.7 Å². The number of amides is 1. The van der Waals surface area contributed by atoms with Gasteiger partial charge in [-0.1, -0.05) is 74.5 Å². The molecular weight excluding hydrogens is 474 g/mol. The number of aliphatic hydroxyl groups is 1. The number of hydrogen-bond acceptors (Lipinski definition) is 7. The second kappa shape index (κ2) is 14.2. The molecule has 3 aromatic rings. The number of rotatable bonds is 14. The molecule has 3 unspecified atom stereocenters. The minimum Gasteiger partial charge on any atom is -0.476 e. The minimum atomic E-state index is -1.23. The molecule has 2 aromatic carbocycles. The van der Waals surface area contributed by atoms with Crippen molar-refractivity contribution in [3.63, 3.8) is 0 Å². The van der Waals surface area contributed by atoms with Gasteiger partial charge in [-0.05, 0) is 36.3 Å². The van der Waals surface area contributed by atoms with Crippen LogP contribution in [0.1, 0.15) is 60.3 Å². The van der Waals surface area contributed by atoms with Crippen LogP contribution in [0.15, 0.2) is 71.3 Å². The van der Waals surface area contributed by atoms with Gasteiger partial charge in [0.25, 0.3) is 0 Å². The van der Waals surface area contributed by atoms with Crippen LogP contribution in [0.25, 0.3) is 0 Å². The molecule has 9 nitrogen and oxygen atoms in total. The number of aliphatic hydroxyl groups excluding tert-OH is 1. The molecule has 3 atom stereocenters. The number of ether oxygens (including phenoxy) is 1. The Kier molecular flexibility index (Phi) is 10.7. The van der Waals surface area contributed by atoms with Crippen molar-refractivity contribution in [2.45, 2.75) is 57.9 Å². The van der Waals surface area contributed by atoms with Gasteiger partial charge in [0.15, 0.2) is 5.69 Å². The summed E-state index contributed by atoms with van der Waals surface area (Å²) in [6, 6.07) is 18.5. The second-order valence-electron chi connectivity index (χ2n) is 9.39. The van der Waals surface area contributed by atoms with Gasteiger partial charge in [-0.2, -0.15) is 0 Å². The summed E-state index contributed by atoms with van der Waals surface area (Å²) in [7, 11) is 0. The molecular formula is C28H35N3O6. The van der Waals surface area contributed by atoms with Gasteiger partial charge >= 0.3 is 12.1 Å². The molecule has 37 heavy (non-hydrogen) atoms. The quantitative estimate of drug-likeness (QED) is 0.252. The van der Waals surface area contributed by atoms with Crippen molar-refractivity contribution in [2.24, 2.45) is 5.92 Å². The maximum atomic E-state index is 12.5. The SMILES string of the molecule is CC(C)CC(CNC(CCc1ccccc1)C(O)c1nc(C(=O)O)co1)NC(=O)OCc1ccccc1. The molecule has 0 fully saturated rings. The van der Waals surface area contributed by atoms with Gasteiger partial charge < -0.3 is 30.0 Å². The minimum absolute atomic E-state index is 0.0707. The number of hydrogen-bond donors (Lipinski definition) is 4. The number of nitrogens with one attached hydrogen (secondary N) is 2. The first kappa shape index (κ1) is 27.9. The number of carbonyl (C=O) groups excluding carboxylic acids is 1. The molecule has 0 aliphatic rings. The van der Waals surface area contributed by atoms with E-state index in [4.69, 9.17) is 14.3 Å². The van der Waals surface area contributed by atoms with E-state index in [1.165, 1.54) is 0 Å². The van der Waals surface area contributed by atoms with E-state index in [0.29, 0.717) is 31.7 Å². The highest BCUT2D eigenvalue weighted by Crippen LogP contribution is 2.21. The van der Waals surface area contributed by atoms with E-state index < -0.39 is 24.2 Å². The standard InChI is InChI=1S/C28H35N3O6/c1-19(2)15-22(30-28(35)37-17-21-11-7-4-8-12-21)16-29-23(14-13-20-9-5-3-6-10-20)25(32)26-31-24(18-36-26)27(33)34/h3-12,18-19,22-23,25,29,32H,13-17H2,1-2H3,(H,30,35)(H,33,34). The molecule has 9 heteroatoms. The normalized spacial score (nSPS) is 13.6. The molecule has 198 valence electrons. The highest BCUT2D eigenvalue weighted by Gasteiger charge is 2.27. The Morgan fingerprint density at radius 2 is 1.68 bits per heavy atom. The van der Waals surface area contributed by atoms with E-state index in [1.807, 2.05) is 60.7 Å². The van der Waals surface area contributed by atoms with Crippen LogP contribution in [0.5, 0.6) is 0 Å². The predicted molar refractivity (Wildman–Crippen MR) is 138 cm³/mol. The summed E-state index contributed by atoms with van der Waals surface area (Å²) >= 11 is 0. The fourth-order valence-corrected chi connectivity index (χ4v) is 4.02.